The highest BCUT2D eigenvalue weighted by Gasteiger charge is 2.45. The maximum Gasteiger partial charge on any atom is 0.222 e. The summed E-state index contributed by atoms with van der Waals surface area (Å²) in [5.74, 6) is 1.09. The first-order valence-electron chi connectivity index (χ1n) is 11.9. The van der Waals surface area contributed by atoms with Crippen LogP contribution in [0.15, 0.2) is 89.9 Å². The molecule has 2 aliphatic rings. The number of amides is 1. The summed E-state index contributed by atoms with van der Waals surface area (Å²) < 4.78 is 9.22. The summed E-state index contributed by atoms with van der Waals surface area (Å²) in [5, 5.41) is 0. The lowest BCUT2D eigenvalue weighted by Crippen LogP contribution is -2.43. The summed E-state index contributed by atoms with van der Waals surface area (Å²) in [7, 11) is 0. The third kappa shape index (κ3) is 3.79. The van der Waals surface area contributed by atoms with Gasteiger partial charge in [0.2, 0.25) is 5.91 Å². The van der Waals surface area contributed by atoms with Crippen molar-refractivity contribution in [3.8, 4) is 11.4 Å². The van der Waals surface area contributed by atoms with Gasteiger partial charge in [-0.3, -0.25) is 9.78 Å². The van der Waals surface area contributed by atoms with E-state index in [2.05, 4.69) is 72.9 Å². The molecule has 0 radical (unpaired) electrons. The van der Waals surface area contributed by atoms with Gasteiger partial charge >= 0.3 is 0 Å². The van der Waals surface area contributed by atoms with Gasteiger partial charge in [0.15, 0.2) is 0 Å². The van der Waals surface area contributed by atoms with Crippen molar-refractivity contribution in [3.05, 3.63) is 107 Å². The van der Waals surface area contributed by atoms with Gasteiger partial charge in [-0.25, -0.2) is 4.98 Å². The number of hydrogen-bond donors (Lipinski definition) is 0. The summed E-state index contributed by atoms with van der Waals surface area (Å²) in [6.45, 7) is 1.67. The lowest BCUT2D eigenvalue weighted by molar-refractivity contribution is -0.139. The normalized spacial score (nSPS) is 20.9. The number of benzene rings is 2. The zero-order valence-corrected chi connectivity index (χ0v) is 20.8. The van der Waals surface area contributed by atoms with Crippen LogP contribution in [-0.2, 0) is 15.1 Å². The number of imidazole rings is 1. The molecule has 4 heterocycles. The molecule has 6 rings (SSSR count). The molecule has 1 saturated heterocycles. The molecule has 7 heteroatoms. The second-order valence-corrected chi connectivity index (χ2v) is 9.93. The average molecular weight is 529 g/mol. The van der Waals surface area contributed by atoms with E-state index >= 15 is 0 Å². The van der Waals surface area contributed by atoms with Crippen LogP contribution in [0.5, 0.6) is 0 Å². The Labute approximate surface area is 212 Å². The molecule has 0 saturated carbocycles. The first-order chi connectivity index (χ1) is 17.2. The third-order valence-electron chi connectivity index (χ3n) is 7.16. The summed E-state index contributed by atoms with van der Waals surface area (Å²) in [4.78, 5) is 24.4. The predicted molar refractivity (Wildman–Crippen MR) is 137 cm³/mol. The quantitative estimate of drug-likeness (QED) is 0.357. The second-order valence-electron chi connectivity index (χ2n) is 9.02. The highest BCUT2D eigenvalue weighted by molar-refractivity contribution is 9.10. The molecule has 0 spiro atoms. The smallest absolute Gasteiger partial charge is 0.222 e. The van der Waals surface area contributed by atoms with Crippen molar-refractivity contribution in [3.63, 3.8) is 0 Å². The van der Waals surface area contributed by atoms with Gasteiger partial charge in [0.25, 0.3) is 0 Å². The molecular formula is C28H25BrN4O2. The number of aromatic nitrogens is 3. The molecule has 35 heavy (non-hydrogen) atoms. The van der Waals surface area contributed by atoms with E-state index in [1.165, 1.54) is 5.56 Å². The van der Waals surface area contributed by atoms with Gasteiger partial charge in [-0.2, -0.15) is 0 Å². The standard InChI is InChI=1S/C28H25BrN4O2/c29-22-9-7-21(8-10-22)28(24-6-2-1-5-23(24)27-31-14-15-33(27)28)12-11-26(34)32-16-17-35-25(19-32)20-4-3-13-30-18-20/h1-10,13-15,18,25H,11-12,16-17,19H2. The number of pyridine rings is 1. The van der Waals surface area contributed by atoms with E-state index in [0.29, 0.717) is 32.5 Å². The van der Waals surface area contributed by atoms with Crippen molar-refractivity contribution in [2.45, 2.75) is 24.5 Å². The number of fused-ring (bicyclic) bond motifs is 3. The highest BCUT2D eigenvalue weighted by Crippen LogP contribution is 2.49. The SMILES string of the molecule is O=C(CCC1(c2ccc(Br)cc2)c2ccccc2-c2nccn21)N1CCOC(c2cccnc2)C1. The molecule has 4 aromatic rings. The van der Waals surface area contributed by atoms with Crippen molar-refractivity contribution in [1.29, 1.82) is 0 Å². The number of hydrogen-bond acceptors (Lipinski definition) is 4. The maximum absolute atomic E-state index is 13.5. The number of morpholine rings is 1. The van der Waals surface area contributed by atoms with E-state index in [1.54, 1.807) is 6.20 Å². The van der Waals surface area contributed by atoms with Crippen LogP contribution >= 0.6 is 15.9 Å². The number of nitrogens with zero attached hydrogens (tertiary/aromatic N) is 4. The minimum Gasteiger partial charge on any atom is -0.370 e. The van der Waals surface area contributed by atoms with Crippen LogP contribution in [0.2, 0.25) is 0 Å². The Hall–Kier alpha value is -3.29. The van der Waals surface area contributed by atoms with Crippen LogP contribution in [0.4, 0.5) is 0 Å². The number of rotatable bonds is 5. The Morgan fingerprint density at radius 2 is 1.94 bits per heavy atom. The molecule has 0 N–H and O–H groups in total. The minimum atomic E-state index is -0.492. The first kappa shape index (κ1) is 22.2. The van der Waals surface area contributed by atoms with Gasteiger partial charge in [0.1, 0.15) is 11.9 Å². The van der Waals surface area contributed by atoms with Crippen LogP contribution in [0.1, 0.15) is 35.6 Å². The van der Waals surface area contributed by atoms with Gasteiger partial charge in [0, 0.05) is 53.4 Å². The molecule has 2 unspecified atom stereocenters. The van der Waals surface area contributed by atoms with Gasteiger partial charge in [-0.05, 0) is 35.7 Å². The predicted octanol–water partition coefficient (Wildman–Crippen LogP) is 5.19. The Balaban J connectivity index is 1.32. The van der Waals surface area contributed by atoms with Crippen molar-refractivity contribution >= 4 is 21.8 Å². The molecule has 2 atom stereocenters. The lowest BCUT2D eigenvalue weighted by atomic mass is 9.79. The van der Waals surface area contributed by atoms with Crippen LogP contribution in [0, 0.1) is 0 Å². The largest absolute Gasteiger partial charge is 0.370 e. The van der Waals surface area contributed by atoms with E-state index in [1.807, 2.05) is 41.7 Å². The molecule has 0 aliphatic carbocycles. The Bertz CT molecular complexity index is 1350. The van der Waals surface area contributed by atoms with Crippen LogP contribution < -0.4 is 0 Å². The second kappa shape index (κ2) is 9.06. The zero-order valence-electron chi connectivity index (χ0n) is 19.2. The minimum absolute atomic E-state index is 0.143. The van der Waals surface area contributed by atoms with Crippen molar-refractivity contribution < 1.29 is 9.53 Å². The summed E-state index contributed by atoms with van der Waals surface area (Å²) in [5.41, 5.74) is 3.97. The van der Waals surface area contributed by atoms with Gasteiger partial charge in [-0.15, -0.1) is 0 Å². The van der Waals surface area contributed by atoms with Crippen molar-refractivity contribution in [1.82, 2.24) is 19.4 Å². The Kier molecular flexibility index (Phi) is 5.74. The number of carbonyl (C=O) groups is 1. The lowest BCUT2D eigenvalue weighted by Gasteiger charge is -2.36. The molecular weight excluding hydrogens is 504 g/mol. The topological polar surface area (TPSA) is 60.2 Å². The van der Waals surface area contributed by atoms with Crippen LogP contribution in [-0.4, -0.2) is 45.0 Å². The highest BCUT2D eigenvalue weighted by atomic mass is 79.9. The molecule has 2 aromatic heterocycles. The average Bonchev–Trinajstić information content (AvgIpc) is 3.50. The fraction of sp³-hybridized carbons (Fsp3) is 0.250. The first-order valence-corrected chi connectivity index (χ1v) is 12.7. The Morgan fingerprint density at radius 1 is 1.09 bits per heavy atom. The van der Waals surface area contributed by atoms with Gasteiger partial charge in [0.05, 0.1) is 18.7 Å². The molecule has 176 valence electrons. The molecule has 2 aliphatic heterocycles. The van der Waals surface area contributed by atoms with E-state index in [9.17, 15) is 4.79 Å². The molecule has 2 aromatic carbocycles. The molecule has 0 bridgehead atoms. The van der Waals surface area contributed by atoms with Crippen molar-refractivity contribution in [2.24, 2.45) is 0 Å². The van der Waals surface area contributed by atoms with E-state index in [-0.39, 0.29) is 12.0 Å². The molecule has 1 amide bonds. The fourth-order valence-electron chi connectivity index (χ4n) is 5.49. The van der Waals surface area contributed by atoms with Gasteiger partial charge in [-0.1, -0.05) is 58.4 Å². The third-order valence-corrected chi connectivity index (χ3v) is 7.69. The molecule has 1 fully saturated rings. The summed E-state index contributed by atoms with van der Waals surface area (Å²) >= 11 is 3.57. The molecule has 6 nitrogen and oxygen atoms in total. The van der Waals surface area contributed by atoms with Crippen molar-refractivity contribution in [2.75, 3.05) is 19.7 Å². The number of ether oxygens (including phenoxy) is 1. The maximum atomic E-state index is 13.5. The fourth-order valence-corrected chi connectivity index (χ4v) is 5.75. The number of halogens is 1. The van der Waals surface area contributed by atoms with Crippen LogP contribution in [0.3, 0.4) is 0 Å². The summed E-state index contributed by atoms with van der Waals surface area (Å²) in [6, 6.07) is 20.7. The zero-order chi connectivity index (χ0) is 23.8. The summed E-state index contributed by atoms with van der Waals surface area (Å²) in [6.07, 6.45) is 8.37. The van der Waals surface area contributed by atoms with Gasteiger partial charge < -0.3 is 14.2 Å². The van der Waals surface area contributed by atoms with Crippen LogP contribution in [0.25, 0.3) is 11.4 Å². The van der Waals surface area contributed by atoms with E-state index in [4.69, 9.17) is 4.74 Å². The monoisotopic (exact) mass is 528 g/mol. The number of carbonyl (C=O) groups excluding carboxylic acids is 1. The Morgan fingerprint density at radius 3 is 2.77 bits per heavy atom. The van der Waals surface area contributed by atoms with E-state index in [0.717, 1.165) is 27.0 Å². The van der Waals surface area contributed by atoms with E-state index < -0.39 is 5.54 Å².